The number of hydrogen-bond donors (Lipinski definition) is 2. The third-order valence-electron chi connectivity index (χ3n) is 4.90. The zero-order chi connectivity index (χ0) is 16.8. The third kappa shape index (κ3) is 5.17. The summed E-state index contributed by atoms with van der Waals surface area (Å²) in [6.45, 7) is 2.66. The van der Waals surface area contributed by atoms with Crippen molar-refractivity contribution in [2.75, 3.05) is 6.54 Å². The average Bonchev–Trinajstić information content (AvgIpc) is 2.54. The number of Topliss-reactive ketones (excluding diaryl/α,β-unsaturated/α-hetero) is 1. The molecular weight excluding hydrogens is 290 g/mol. The minimum atomic E-state index is -0.766. The number of aliphatic carboxylic acids is 1. The van der Waals surface area contributed by atoms with E-state index in [9.17, 15) is 9.59 Å². The Hall–Kier alpha value is -1.68. The normalized spacial score (nSPS) is 22.5. The summed E-state index contributed by atoms with van der Waals surface area (Å²) in [6, 6.07) is 7.69. The van der Waals surface area contributed by atoms with E-state index in [1.54, 1.807) is 0 Å². The van der Waals surface area contributed by atoms with Gasteiger partial charge in [0.15, 0.2) is 5.78 Å². The molecule has 1 fully saturated rings. The number of carboxylic acid groups (broad SMARTS) is 1. The Morgan fingerprint density at radius 2 is 1.78 bits per heavy atom. The Morgan fingerprint density at radius 1 is 1.17 bits per heavy atom. The zero-order valence-corrected chi connectivity index (χ0v) is 13.8. The summed E-state index contributed by atoms with van der Waals surface area (Å²) in [5.41, 5.74) is 7.56. The fraction of sp³-hybridized carbons (Fsp3) is 0.579. The van der Waals surface area contributed by atoms with Gasteiger partial charge in [0.25, 0.3) is 0 Å². The first-order valence-electron chi connectivity index (χ1n) is 8.54. The van der Waals surface area contributed by atoms with E-state index in [-0.39, 0.29) is 24.0 Å². The molecule has 0 amide bonds. The fourth-order valence-corrected chi connectivity index (χ4v) is 3.47. The zero-order valence-electron chi connectivity index (χ0n) is 13.8. The van der Waals surface area contributed by atoms with Crippen LogP contribution < -0.4 is 5.73 Å². The lowest BCUT2D eigenvalue weighted by molar-refractivity contribution is -0.137. The summed E-state index contributed by atoms with van der Waals surface area (Å²) >= 11 is 0. The lowest BCUT2D eigenvalue weighted by Gasteiger charge is -2.26. The topological polar surface area (TPSA) is 80.4 Å². The molecule has 0 bridgehead atoms. The lowest BCUT2D eigenvalue weighted by Crippen LogP contribution is -2.25. The largest absolute Gasteiger partial charge is 0.481 e. The van der Waals surface area contributed by atoms with Gasteiger partial charge in [0, 0.05) is 17.9 Å². The van der Waals surface area contributed by atoms with E-state index < -0.39 is 5.97 Å². The number of carbonyl (C=O) groups is 2. The van der Waals surface area contributed by atoms with E-state index in [1.807, 2.05) is 31.2 Å². The van der Waals surface area contributed by atoms with Crippen molar-refractivity contribution in [1.82, 2.24) is 0 Å². The minimum absolute atomic E-state index is 0.0978. The molecule has 3 N–H and O–H groups in total. The van der Waals surface area contributed by atoms with E-state index in [0.29, 0.717) is 5.92 Å². The Kier molecular flexibility index (Phi) is 6.34. The van der Waals surface area contributed by atoms with Crippen LogP contribution in [-0.2, 0) is 11.2 Å². The van der Waals surface area contributed by atoms with Crippen LogP contribution in [0.4, 0.5) is 0 Å². The molecule has 0 saturated heterocycles. The van der Waals surface area contributed by atoms with Gasteiger partial charge in [0.05, 0.1) is 0 Å². The van der Waals surface area contributed by atoms with Gasteiger partial charge in [-0.3, -0.25) is 9.59 Å². The predicted octanol–water partition coefficient (Wildman–Crippen LogP) is 3.29. The van der Waals surface area contributed by atoms with Crippen LogP contribution in [0.15, 0.2) is 24.3 Å². The Balaban J connectivity index is 1.91. The van der Waals surface area contributed by atoms with E-state index in [1.165, 1.54) is 0 Å². The van der Waals surface area contributed by atoms with Crippen molar-refractivity contribution in [3.8, 4) is 0 Å². The van der Waals surface area contributed by atoms with Crippen LogP contribution in [0.3, 0.4) is 0 Å². The summed E-state index contributed by atoms with van der Waals surface area (Å²) < 4.78 is 0. The van der Waals surface area contributed by atoms with Crippen LogP contribution in [0.5, 0.6) is 0 Å². The second-order valence-electron chi connectivity index (χ2n) is 6.92. The summed E-state index contributed by atoms with van der Waals surface area (Å²) in [7, 11) is 0. The first-order chi connectivity index (χ1) is 11.0. The van der Waals surface area contributed by atoms with Gasteiger partial charge < -0.3 is 10.8 Å². The maximum absolute atomic E-state index is 12.6. The van der Waals surface area contributed by atoms with Crippen molar-refractivity contribution in [3.63, 3.8) is 0 Å². The van der Waals surface area contributed by atoms with Crippen LogP contribution in [0.2, 0.25) is 0 Å². The molecule has 4 heteroatoms. The molecule has 1 aromatic rings. The molecule has 1 saturated carbocycles. The fourth-order valence-electron chi connectivity index (χ4n) is 3.47. The third-order valence-corrected chi connectivity index (χ3v) is 4.90. The van der Waals surface area contributed by atoms with Gasteiger partial charge >= 0.3 is 5.97 Å². The van der Waals surface area contributed by atoms with Crippen molar-refractivity contribution >= 4 is 11.8 Å². The molecule has 0 spiro atoms. The second kappa shape index (κ2) is 8.25. The standard InChI is InChI=1S/C19H27NO3/c1-13(11-18(21)22)10-14-2-6-16(7-3-14)19(23)17-8-4-15(12-20)5-9-17/h2-3,6-7,13,15,17H,4-5,8-12,20H2,1H3,(H,21,22). The Bertz CT molecular complexity index is 530. The number of hydrogen-bond acceptors (Lipinski definition) is 3. The number of carbonyl (C=O) groups excluding carboxylic acids is 1. The maximum atomic E-state index is 12.6. The number of benzene rings is 1. The summed E-state index contributed by atoms with van der Waals surface area (Å²) in [4.78, 5) is 23.3. The van der Waals surface area contributed by atoms with Crippen LogP contribution in [-0.4, -0.2) is 23.4 Å². The summed E-state index contributed by atoms with van der Waals surface area (Å²) in [5.74, 6) is 0.287. The molecule has 1 aliphatic carbocycles. The van der Waals surface area contributed by atoms with Crippen LogP contribution >= 0.6 is 0 Å². The molecule has 1 unspecified atom stereocenters. The van der Waals surface area contributed by atoms with Gasteiger partial charge in [-0.1, -0.05) is 31.2 Å². The van der Waals surface area contributed by atoms with Gasteiger partial charge in [-0.05, 0) is 56.0 Å². The van der Waals surface area contributed by atoms with Gasteiger partial charge in [0.2, 0.25) is 0 Å². The highest BCUT2D eigenvalue weighted by atomic mass is 16.4. The maximum Gasteiger partial charge on any atom is 0.303 e. The lowest BCUT2D eigenvalue weighted by atomic mass is 9.78. The molecule has 1 aliphatic rings. The Morgan fingerprint density at radius 3 is 2.30 bits per heavy atom. The quantitative estimate of drug-likeness (QED) is 0.756. The Labute approximate surface area is 138 Å². The first-order valence-corrected chi connectivity index (χ1v) is 8.54. The first kappa shape index (κ1) is 17.7. The molecule has 2 rings (SSSR count). The van der Waals surface area contributed by atoms with Crippen molar-refractivity contribution in [2.24, 2.45) is 23.5 Å². The molecule has 1 atom stereocenters. The van der Waals surface area contributed by atoms with Crippen molar-refractivity contribution in [3.05, 3.63) is 35.4 Å². The molecule has 23 heavy (non-hydrogen) atoms. The van der Waals surface area contributed by atoms with Crippen LogP contribution in [0, 0.1) is 17.8 Å². The van der Waals surface area contributed by atoms with E-state index in [0.717, 1.165) is 49.8 Å². The molecule has 0 aromatic heterocycles. The van der Waals surface area contributed by atoms with E-state index in [4.69, 9.17) is 10.8 Å². The molecule has 0 radical (unpaired) electrons. The molecule has 0 heterocycles. The van der Waals surface area contributed by atoms with Crippen molar-refractivity contribution in [2.45, 2.75) is 45.4 Å². The number of rotatable bonds is 7. The number of nitrogens with two attached hydrogens (primary N) is 1. The highest BCUT2D eigenvalue weighted by molar-refractivity contribution is 5.97. The number of carboxylic acids is 1. The van der Waals surface area contributed by atoms with Crippen molar-refractivity contribution < 1.29 is 14.7 Å². The molecule has 0 aliphatic heterocycles. The van der Waals surface area contributed by atoms with Gasteiger partial charge in [0.1, 0.15) is 0 Å². The molecule has 126 valence electrons. The predicted molar refractivity (Wildman–Crippen MR) is 90.4 cm³/mol. The molecule has 4 nitrogen and oxygen atoms in total. The highest BCUT2D eigenvalue weighted by Crippen LogP contribution is 2.30. The second-order valence-corrected chi connectivity index (χ2v) is 6.92. The van der Waals surface area contributed by atoms with Gasteiger partial charge in [-0.25, -0.2) is 0 Å². The van der Waals surface area contributed by atoms with Crippen LogP contribution in [0.25, 0.3) is 0 Å². The minimum Gasteiger partial charge on any atom is -0.481 e. The van der Waals surface area contributed by atoms with E-state index >= 15 is 0 Å². The van der Waals surface area contributed by atoms with Gasteiger partial charge in [-0.15, -0.1) is 0 Å². The smallest absolute Gasteiger partial charge is 0.303 e. The summed E-state index contributed by atoms with van der Waals surface area (Å²) in [5, 5.41) is 8.81. The average molecular weight is 317 g/mol. The number of ketones is 1. The van der Waals surface area contributed by atoms with Gasteiger partial charge in [-0.2, -0.15) is 0 Å². The SMILES string of the molecule is CC(CC(=O)O)Cc1ccc(C(=O)C2CCC(CN)CC2)cc1. The monoisotopic (exact) mass is 317 g/mol. The molecule has 1 aromatic carbocycles. The van der Waals surface area contributed by atoms with Crippen molar-refractivity contribution in [1.29, 1.82) is 0 Å². The highest BCUT2D eigenvalue weighted by Gasteiger charge is 2.26. The van der Waals surface area contributed by atoms with E-state index in [2.05, 4.69) is 0 Å². The summed E-state index contributed by atoms with van der Waals surface area (Å²) in [6.07, 6.45) is 4.89. The van der Waals surface area contributed by atoms with Crippen LogP contribution in [0.1, 0.15) is 54.9 Å². The molecular formula is C19H27NO3.